The highest BCUT2D eigenvalue weighted by Crippen LogP contribution is 2.32. The van der Waals surface area contributed by atoms with Gasteiger partial charge in [0.25, 0.3) is 0 Å². The zero-order valence-corrected chi connectivity index (χ0v) is 17.8. The van der Waals surface area contributed by atoms with E-state index in [4.69, 9.17) is 0 Å². The van der Waals surface area contributed by atoms with Gasteiger partial charge in [0.1, 0.15) is 5.75 Å². The summed E-state index contributed by atoms with van der Waals surface area (Å²) >= 11 is 0. The van der Waals surface area contributed by atoms with Crippen molar-refractivity contribution in [2.24, 2.45) is 5.41 Å². The molecule has 1 N–H and O–H groups in total. The topological polar surface area (TPSA) is 71.5 Å². The van der Waals surface area contributed by atoms with Crippen molar-refractivity contribution >= 4 is 23.3 Å². The van der Waals surface area contributed by atoms with E-state index >= 15 is 0 Å². The predicted octanol–water partition coefficient (Wildman–Crippen LogP) is 4.97. The summed E-state index contributed by atoms with van der Waals surface area (Å²) in [6, 6.07) is 6.23. The van der Waals surface area contributed by atoms with Crippen molar-refractivity contribution in [2.45, 2.75) is 52.9 Å². The average molecular weight is 453 g/mol. The molecule has 2 heterocycles. The molecular formula is C22H23F4N3O3. The number of aryl methyl sites for hydroxylation is 1. The van der Waals surface area contributed by atoms with Gasteiger partial charge in [-0.1, -0.05) is 32.9 Å². The maximum absolute atomic E-state index is 14.7. The summed E-state index contributed by atoms with van der Waals surface area (Å²) in [6.07, 6.45) is -4.20. The Hall–Kier alpha value is -3.17. The minimum Gasteiger partial charge on any atom is -0.406 e. The smallest absolute Gasteiger partial charge is 0.406 e. The van der Waals surface area contributed by atoms with Gasteiger partial charge in [-0.25, -0.2) is 9.37 Å². The molecule has 2 aromatic rings. The molecular weight excluding hydrogens is 430 g/mol. The van der Waals surface area contributed by atoms with Gasteiger partial charge < -0.3 is 15.0 Å². The van der Waals surface area contributed by atoms with E-state index in [2.05, 4.69) is 15.0 Å². The number of amides is 2. The number of ether oxygens (including phenoxy) is 1. The first kappa shape index (κ1) is 23.5. The fourth-order valence-electron chi connectivity index (χ4n) is 3.33. The minimum atomic E-state index is -4.80. The van der Waals surface area contributed by atoms with Crippen LogP contribution in [-0.4, -0.2) is 23.2 Å². The number of nitrogens with zero attached hydrogens (tertiary/aromatic N) is 2. The Morgan fingerprint density at radius 2 is 1.81 bits per heavy atom. The number of benzene rings is 1. The van der Waals surface area contributed by atoms with Crippen molar-refractivity contribution in [2.75, 3.05) is 10.2 Å². The maximum atomic E-state index is 14.7. The molecule has 0 saturated carbocycles. The monoisotopic (exact) mass is 453 g/mol. The SMILES string of the molecule is CC(C)(C)CC(=O)Nc1nc2c(cc1F)N(Cc1ccc(OC(F)(F)F)cc1)C(=O)CC2. The van der Waals surface area contributed by atoms with E-state index in [9.17, 15) is 27.2 Å². The van der Waals surface area contributed by atoms with Gasteiger partial charge >= 0.3 is 6.36 Å². The molecule has 0 atom stereocenters. The Balaban J connectivity index is 1.80. The summed E-state index contributed by atoms with van der Waals surface area (Å²) in [6.45, 7) is 5.67. The zero-order chi connectivity index (χ0) is 23.7. The number of hydrogen-bond donors (Lipinski definition) is 1. The maximum Gasteiger partial charge on any atom is 0.573 e. The lowest BCUT2D eigenvalue weighted by molar-refractivity contribution is -0.274. The highest BCUT2D eigenvalue weighted by molar-refractivity contribution is 5.96. The normalized spacial score (nSPS) is 14.2. The lowest BCUT2D eigenvalue weighted by Gasteiger charge is -2.29. The summed E-state index contributed by atoms with van der Waals surface area (Å²) < 4.78 is 55.5. The second-order valence-corrected chi connectivity index (χ2v) is 8.74. The van der Waals surface area contributed by atoms with Crippen LogP contribution in [0.1, 0.15) is 44.9 Å². The van der Waals surface area contributed by atoms with E-state index in [0.29, 0.717) is 11.3 Å². The number of alkyl halides is 3. The molecule has 0 aliphatic carbocycles. The second kappa shape index (κ2) is 8.76. The van der Waals surface area contributed by atoms with Gasteiger partial charge in [0.2, 0.25) is 11.8 Å². The van der Waals surface area contributed by atoms with Gasteiger partial charge in [0.05, 0.1) is 17.9 Å². The van der Waals surface area contributed by atoms with E-state index in [1.54, 1.807) is 0 Å². The second-order valence-electron chi connectivity index (χ2n) is 8.74. The van der Waals surface area contributed by atoms with Crippen LogP contribution in [0.15, 0.2) is 30.3 Å². The Morgan fingerprint density at radius 3 is 2.41 bits per heavy atom. The number of aromatic nitrogens is 1. The third-order valence-electron chi connectivity index (χ3n) is 4.65. The summed E-state index contributed by atoms with van der Waals surface area (Å²) in [7, 11) is 0. The van der Waals surface area contributed by atoms with Crippen LogP contribution in [-0.2, 0) is 22.6 Å². The fourth-order valence-corrected chi connectivity index (χ4v) is 3.33. The molecule has 0 unspecified atom stereocenters. The van der Waals surface area contributed by atoms with E-state index in [1.807, 2.05) is 20.8 Å². The molecule has 1 aromatic carbocycles. The van der Waals surface area contributed by atoms with E-state index in [0.717, 1.165) is 18.2 Å². The summed E-state index contributed by atoms with van der Waals surface area (Å²) in [5, 5.41) is 2.48. The van der Waals surface area contributed by atoms with Crippen LogP contribution >= 0.6 is 0 Å². The van der Waals surface area contributed by atoms with Crippen molar-refractivity contribution in [3.63, 3.8) is 0 Å². The lowest BCUT2D eigenvalue weighted by Crippen LogP contribution is -2.35. The molecule has 0 fully saturated rings. The van der Waals surface area contributed by atoms with Gasteiger partial charge in [-0.3, -0.25) is 9.59 Å². The van der Waals surface area contributed by atoms with Crippen LogP contribution in [0.5, 0.6) is 5.75 Å². The number of carbonyl (C=O) groups is 2. The van der Waals surface area contributed by atoms with Crippen molar-refractivity contribution in [3.05, 3.63) is 47.4 Å². The Labute approximate surface area is 182 Å². The van der Waals surface area contributed by atoms with Crippen LogP contribution < -0.4 is 15.0 Å². The fraction of sp³-hybridized carbons (Fsp3) is 0.409. The molecule has 0 saturated heterocycles. The largest absolute Gasteiger partial charge is 0.573 e. The van der Waals surface area contributed by atoms with Crippen molar-refractivity contribution in [3.8, 4) is 5.75 Å². The number of nitrogens with one attached hydrogen (secondary N) is 1. The summed E-state index contributed by atoms with van der Waals surface area (Å²) in [5.41, 5.74) is 0.972. The third-order valence-corrected chi connectivity index (χ3v) is 4.65. The van der Waals surface area contributed by atoms with Crippen molar-refractivity contribution in [1.29, 1.82) is 0 Å². The molecule has 0 spiro atoms. The molecule has 172 valence electrons. The molecule has 10 heteroatoms. The van der Waals surface area contributed by atoms with Crippen molar-refractivity contribution < 1.29 is 31.9 Å². The number of halogens is 4. The molecule has 1 aliphatic rings. The number of pyridine rings is 1. The highest BCUT2D eigenvalue weighted by Gasteiger charge is 2.31. The molecule has 2 amide bonds. The van der Waals surface area contributed by atoms with Crippen LogP contribution in [0.25, 0.3) is 0 Å². The first-order chi connectivity index (χ1) is 14.8. The zero-order valence-electron chi connectivity index (χ0n) is 17.8. The Kier molecular flexibility index (Phi) is 6.43. The van der Waals surface area contributed by atoms with Crippen molar-refractivity contribution in [1.82, 2.24) is 4.98 Å². The van der Waals surface area contributed by atoms with Crippen LogP contribution in [0.4, 0.5) is 29.1 Å². The van der Waals surface area contributed by atoms with Crippen LogP contribution in [0, 0.1) is 11.2 Å². The summed E-state index contributed by atoms with van der Waals surface area (Å²) in [4.78, 5) is 30.2. The van der Waals surface area contributed by atoms with E-state index < -0.39 is 12.2 Å². The number of hydrogen-bond acceptors (Lipinski definition) is 4. The van der Waals surface area contributed by atoms with Gasteiger partial charge in [-0.05, 0) is 23.1 Å². The number of rotatable bonds is 5. The third kappa shape index (κ3) is 6.18. The molecule has 32 heavy (non-hydrogen) atoms. The molecule has 0 bridgehead atoms. The lowest BCUT2D eigenvalue weighted by atomic mass is 9.92. The Morgan fingerprint density at radius 1 is 1.16 bits per heavy atom. The number of carbonyl (C=O) groups excluding carboxylic acids is 2. The molecule has 3 rings (SSSR count). The van der Waals surface area contributed by atoms with Gasteiger partial charge in [-0.15, -0.1) is 13.2 Å². The molecule has 6 nitrogen and oxygen atoms in total. The average Bonchev–Trinajstić information content (AvgIpc) is 2.64. The quantitative estimate of drug-likeness (QED) is 0.649. The predicted molar refractivity (Wildman–Crippen MR) is 110 cm³/mol. The van der Waals surface area contributed by atoms with Gasteiger partial charge in [0.15, 0.2) is 11.6 Å². The van der Waals surface area contributed by atoms with Crippen LogP contribution in [0.3, 0.4) is 0 Å². The molecule has 1 aliphatic heterocycles. The highest BCUT2D eigenvalue weighted by atomic mass is 19.4. The number of fused-ring (bicyclic) bond motifs is 1. The van der Waals surface area contributed by atoms with Gasteiger partial charge in [0, 0.05) is 25.3 Å². The Bertz CT molecular complexity index is 1010. The van der Waals surface area contributed by atoms with Gasteiger partial charge in [-0.2, -0.15) is 0 Å². The van der Waals surface area contributed by atoms with E-state index in [1.165, 1.54) is 17.0 Å². The minimum absolute atomic E-state index is 0.0228. The summed E-state index contributed by atoms with van der Waals surface area (Å²) in [5.74, 6) is -1.98. The van der Waals surface area contributed by atoms with Crippen LogP contribution in [0.2, 0.25) is 0 Å². The molecule has 1 aromatic heterocycles. The first-order valence-electron chi connectivity index (χ1n) is 9.95. The first-order valence-corrected chi connectivity index (χ1v) is 9.95. The standard InChI is InChI=1S/C22H23F4N3O3/c1-21(2,3)11-18(30)28-20-15(23)10-17-16(27-20)8-9-19(31)29(17)12-13-4-6-14(7-5-13)32-22(24,25)26/h4-7,10H,8-9,11-12H2,1-3H3,(H,27,28,30). The van der Waals surface area contributed by atoms with E-state index in [-0.39, 0.29) is 60.3 Å². The molecule has 0 radical (unpaired) electrons. The number of anilines is 2.